The zero-order chi connectivity index (χ0) is 28.9. The van der Waals surface area contributed by atoms with Gasteiger partial charge in [-0.05, 0) is 29.3 Å². The number of nitrogens with zero attached hydrogens (tertiary/aromatic N) is 6. The number of aliphatic hydroxyl groups excluding tert-OH is 1. The van der Waals surface area contributed by atoms with Crippen LogP contribution >= 0.6 is 11.3 Å². The predicted molar refractivity (Wildman–Crippen MR) is 169 cm³/mol. The fourth-order valence-electron chi connectivity index (χ4n) is 5.78. The monoisotopic (exact) mass is 585 g/mol. The van der Waals surface area contributed by atoms with Crippen molar-refractivity contribution >= 4 is 33.4 Å². The van der Waals surface area contributed by atoms with Crippen LogP contribution in [0.2, 0.25) is 0 Å². The molecule has 0 aliphatic carbocycles. The third-order valence-corrected chi connectivity index (χ3v) is 9.49. The molecule has 1 atom stereocenters. The van der Waals surface area contributed by atoms with Crippen LogP contribution in [-0.4, -0.2) is 106 Å². The topological polar surface area (TPSA) is 88.1 Å². The smallest absolute Gasteiger partial charge is 0.320 e. The van der Waals surface area contributed by atoms with Crippen LogP contribution < -0.4 is 5.32 Å². The molecule has 2 aliphatic heterocycles. The highest BCUT2D eigenvalue weighted by Gasteiger charge is 2.27. The lowest BCUT2D eigenvalue weighted by atomic mass is 10.1. The Morgan fingerprint density at radius 2 is 1.57 bits per heavy atom. The summed E-state index contributed by atoms with van der Waals surface area (Å²) in [6.45, 7) is 11.1. The van der Waals surface area contributed by atoms with Crippen molar-refractivity contribution in [3.8, 4) is 10.4 Å². The number of likely N-dealkylation sites (N-methyl/N-ethyl adjacent to an activating group) is 1. The van der Waals surface area contributed by atoms with Gasteiger partial charge >= 0.3 is 6.03 Å². The van der Waals surface area contributed by atoms with Crippen LogP contribution in [-0.2, 0) is 6.54 Å². The van der Waals surface area contributed by atoms with Crippen molar-refractivity contribution in [1.29, 1.82) is 0 Å². The highest BCUT2D eigenvalue weighted by Crippen LogP contribution is 2.36. The van der Waals surface area contributed by atoms with Crippen LogP contribution in [0.3, 0.4) is 0 Å². The molecule has 0 unspecified atom stereocenters. The highest BCUT2D eigenvalue weighted by atomic mass is 32.1. The SMILES string of the molecule is CCN1CCN(C(=O)N2CCN(Cc3ccc(-c4cc5c(N[C@H](CO)c6ccccc6)ncnc5s4)cc3)CC2)CC1. The number of urea groups is 1. The summed E-state index contributed by atoms with van der Waals surface area (Å²) in [7, 11) is 0. The standard InChI is InChI=1S/C32H39N7O2S/c1-2-36-12-16-38(17-13-36)32(41)39-18-14-37(15-19-39)21-24-8-10-26(11-9-24)29-20-27-30(33-23-34-31(27)42-29)35-28(22-40)25-6-4-3-5-7-25/h3-11,20,23,28,40H,2,12-19,21-22H2,1H3,(H,33,34,35)/t28-/m1/s1. The maximum Gasteiger partial charge on any atom is 0.320 e. The molecule has 220 valence electrons. The number of hydrogen-bond acceptors (Lipinski definition) is 8. The molecule has 9 nitrogen and oxygen atoms in total. The molecule has 4 aromatic rings. The van der Waals surface area contributed by atoms with E-state index in [1.807, 2.05) is 40.1 Å². The number of rotatable bonds is 8. The van der Waals surface area contributed by atoms with Gasteiger partial charge in [-0.25, -0.2) is 14.8 Å². The van der Waals surface area contributed by atoms with Gasteiger partial charge in [0.2, 0.25) is 0 Å². The third-order valence-electron chi connectivity index (χ3n) is 8.40. The number of amides is 2. The molecule has 2 N–H and O–H groups in total. The van der Waals surface area contributed by atoms with Crippen LogP contribution in [0.15, 0.2) is 67.0 Å². The molecule has 2 aromatic heterocycles. The van der Waals surface area contributed by atoms with Crippen molar-refractivity contribution in [1.82, 2.24) is 29.6 Å². The first-order chi connectivity index (χ1) is 20.6. The van der Waals surface area contributed by atoms with Crippen LogP contribution in [0.25, 0.3) is 20.7 Å². The van der Waals surface area contributed by atoms with Crippen molar-refractivity contribution in [2.45, 2.75) is 19.5 Å². The number of carbonyl (C=O) groups is 1. The fourth-order valence-corrected chi connectivity index (χ4v) is 6.79. The van der Waals surface area contributed by atoms with E-state index >= 15 is 0 Å². The van der Waals surface area contributed by atoms with Gasteiger partial charge in [0.1, 0.15) is 17.0 Å². The molecule has 2 saturated heterocycles. The molecule has 4 heterocycles. The normalized spacial score (nSPS) is 17.5. The molecule has 2 fully saturated rings. The molecule has 42 heavy (non-hydrogen) atoms. The summed E-state index contributed by atoms with van der Waals surface area (Å²) < 4.78 is 0. The zero-order valence-corrected chi connectivity index (χ0v) is 25.0. The Bertz CT molecular complexity index is 1460. The van der Waals surface area contributed by atoms with Gasteiger partial charge in [-0.2, -0.15) is 0 Å². The highest BCUT2D eigenvalue weighted by molar-refractivity contribution is 7.21. The molecule has 6 rings (SSSR count). The summed E-state index contributed by atoms with van der Waals surface area (Å²) in [4.78, 5) is 32.9. The summed E-state index contributed by atoms with van der Waals surface area (Å²) in [6, 6.07) is 20.8. The Kier molecular flexibility index (Phi) is 8.95. The van der Waals surface area contributed by atoms with Crippen LogP contribution in [0.4, 0.5) is 10.6 Å². The second-order valence-corrected chi connectivity index (χ2v) is 12.0. The van der Waals surface area contributed by atoms with E-state index in [4.69, 9.17) is 0 Å². The Balaban J connectivity index is 1.06. The number of carbonyl (C=O) groups excluding carboxylic acids is 1. The Labute approximate surface area is 251 Å². The van der Waals surface area contributed by atoms with Gasteiger partial charge in [-0.3, -0.25) is 4.90 Å². The minimum absolute atomic E-state index is 0.0321. The molecule has 10 heteroatoms. The third kappa shape index (κ3) is 6.42. The van der Waals surface area contributed by atoms with E-state index in [-0.39, 0.29) is 18.7 Å². The van der Waals surface area contributed by atoms with E-state index in [0.29, 0.717) is 0 Å². The predicted octanol–water partition coefficient (Wildman–Crippen LogP) is 4.38. The number of thiophene rings is 1. The first-order valence-electron chi connectivity index (χ1n) is 14.9. The number of piperazine rings is 2. The second-order valence-electron chi connectivity index (χ2n) is 11.0. The van der Waals surface area contributed by atoms with Crippen molar-refractivity contribution in [3.05, 3.63) is 78.1 Å². The molecule has 2 aromatic carbocycles. The van der Waals surface area contributed by atoms with E-state index in [2.05, 4.69) is 62.3 Å². The van der Waals surface area contributed by atoms with E-state index < -0.39 is 0 Å². The van der Waals surface area contributed by atoms with Gasteiger partial charge in [0.05, 0.1) is 18.0 Å². The lowest BCUT2D eigenvalue weighted by Gasteiger charge is -2.40. The van der Waals surface area contributed by atoms with Gasteiger partial charge in [0, 0.05) is 63.8 Å². The number of benzene rings is 2. The molecule has 0 bridgehead atoms. The van der Waals surface area contributed by atoms with E-state index in [0.717, 1.165) is 97.5 Å². The molecule has 2 amide bonds. The number of anilines is 1. The summed E-state index contributed by atoms with van der Waals surface area (Å²) >= 11 is 1.64. The lowest BCUT2D eigenvalue weighted by molar-refractivity contribution is 0.0898. The fraction of sp³-hybridized carbons (Fsp3) is 0.406. The Morgan fingerprint density at radius 1 is 0.905 bits per heavy atom. The van der Waals surface area contributed by atoms with Gasteiger partial charge in [0.15, 0.2) is 0 Å². The van der Waals surface area contributed by atoms with E-state index in [1.165, 1.54) is 5.56 Å². The van der Waals surface area contributed by atoms with Crippen molar-refractivity contribution < 1.29 is 9.90 Å². The molecular formula is C32H39N7O2S. The lowest BCUT2D eigenvalue weighted by Crippen LogP contribution is -2.56. The minimum Gasteiger partial charge on any atom is -0.394 e. The quantitative estimate of drug-likeness (QED) is 0.317. The van der Waals surface area contributed by atoms with E-state index in [1.54, 1.807) is 17.7 Å². The van der Waals surface area contributed by atoms with Crippen molar-refractivity contribution in [2.75, 3.05) is 70.8 Å². The number of nitrogens with one attached hydrogen (secondary N) is 1. The Morgan fingerprint density at radius 3 is 2.21 bits per heavy atom. The van der Waals surface area contributed by atoms with Crippen LogP contribution in [0.5, 0.6) is 0 Å². The molecular weight excluding hydrogens is 546 g/mol. The average Bonchev–Trinajstić information content (AvgIpc) is 3.50. The molecule has 0 spiro atoms. The average molecular weight is 586 g/mol. The summed E-state index contributed by atoms with van der Waals surface area (Å²) in [5.74, 6) is 0.725. The van der Waals surface area contributed by atoms with Crippen LogP contribution in [0, 0.1) is 0 Å². The van der Waals surface area contributed by atoms with Crippen LogP contribution in [0.1, 0.15) is 24.1 Å². The van der Waals surface area contributed by atoms with Crippen molar-refractivity contribution in [3.63, 3.8) is 0 Å². The summed E-state index contributed by atoms with van der Waals surface area (Å²) in [5.41, 5.74) is 3.43. The Hall–Kier alpha value is -3.57. The van der Waals surface area contributed by atoms with Gasteiger partial charge in [-0.1, -0.05) is 61.5 Å². The number of hydrogen-bond donors (Lipinski definition) is 2. The maximum atomic E-state index is 13.0. The van der Waals surface area contributed by atoms with Gasteiger partial charge in [0.25, 0.3) is 0 Å². The molecule has 2 aliphatic rings. The largest absolute Gasteiger partial charge is 0.394 e. The first kappa shape index (κ1) is 28.5. The summed E-state index contributed by atoms with van der Waals surface area (Å²) in [6.07, 6.45) is 1.58. The number of fused-ring (bicyclic) bond motifs is 1. The minimum atomic E-state index is -0.247. The van der Waals surface area contributed by atoms with Gasteiger partial charge in [-0.15, -0.1) is 11.3 Å². The zero-order valence-electron chi connectivity index (χ0n) is 24.2. The second kappa shape index (κ2) is 13.2. The summed E-state index contributed by atoms with van der Waals surface area (Å²) in [5, 5.41) is 14.4. The van der Waals surface area contributed by atoms with E-state index in [9.17, 15) is 9.90 Å². The molecule has 0 radical (unpaired) electrons. The molecule has 0 saturated carbocycles. The van der Waals surface area contributed by atoms with Crippen molar-refractivity contribution in [2.24, 2.45) is 0 Å². The van der Waals surface area contributed by atoms with Gasteiger partial charge < -0.3 is 25.1 Å². The number of aromatic nitrogens is 2. The number of aliphatic hydroxyl groups is 1. The first-order valence-corrected chi connectivity index (χ1v) is 15.7. The maximum absolute atomic E-state index is 13.0.